The Morgan fingerprint density at radius 3 is 2.41 bits per heavy atom. The van der Waals surface area contributed by atoms with Crippen LogP contribution in [0.3, 0.4) is 0 Å². The summed E-state index contributed by atoms with van der Waals surface area (Å²) in [5.74, 6) is 1.82. The van der Waals surface area contributed by atoms with Crippen LogP contribution in [0.4, 0.5) is 5.69 Å². The number of carbonyl (C=O) groups excluding carboxylic acids is 1. The molecule has 0 radical (unpaired) electrons. The second kappa shape index (κ2) is 5.81. The number of para-hydroxylation sites is 2. The molecule has 0 unspecified atom stereocenters. The van der Waals surface area contributed by atoms with Gasteiger partial charge in [0.2, 0.25) is 0 Å². The molecular formula is C17H15NO4. The predicted octanol–water partition coefficient (Wildman–Crippen LogP) is 3.08. The molecule has 1 aliphatic heterocycles. The first-order valence-electron chi connectivity index (χ1n) is 6.72. The summed E-state index contributed by atoms with van der Waals surface area (Å²) < 4.78 is 16.1. The summed E-state index contributed by atoms with van der Waals surface area (Å²) in [6.07, 6.45) is 1.65. The first-order valence-corrected chi connectivity index (χ1v) is 6.72. The van der Waals surface area contributed by atoms with E-state index >= 15 is 0 Å². The van der Waals surface area contributed by atoms with Gasteiger partial charge in [-0.3, -0.25) is 4.79 Å². The summed E-state index contributed by atoms with van der Waals surface area (Å²) in [6, 6.07) is 12.6. The summed E-state index contributed by atoms with van der Waals surface area (Å²) in [4.78, 5) is 12.1. The monoisotopic (exact) mass is 297 g/mol. The van der Waals surface area contributed by atoms with Gasteiger partial charge in [-0.1, -0.05) is 12.1 Å². The van der Waals surface area contributed by atoms with Crippen LogP contribution in [0.25, 0.3) is 6.08 Å². The molecule has 0 bridgehead atoms. The van der Waals surface area contributed by atoms with Gasteiger partial charge in [-0.05, 0) is 35.9 Å². The van der Waals surface area contributed by atoms with Crippen molar-refractivity contribution < 1.29 is 19.0 Å². The van der Waals surface area contributed by atoms with Gasteiger partial charge in [0.15, 0.2) is 11.5 Å². The van der Waals surface area contributed by atoms with Crippen molar-refractivity contribution in [2.24, 2.45) is 0 Å². The van der Waals surface area contributed by atoms with Crippen LogP contribution < -0.4 is 19.5 Å². The normalized spacial score (nSPS) is 14.8. The van der Waals surface area contributed by atoms with Gasteiger partial charge in [-0.15, -0.1) is 0 Å². The van der Waals surface area contributed by atoms with E-state index in [0.29, 0.717) is 22.9 Å². The van der Waals surface area contributed by atoms with E-state index in [9.17, 15) is 4.79 Å². The van der Waals surface area contributed by atoms with Gasteiger partial charge in [0.25, 0.3) is 5.91 Å². The largest absolute Gasteiger partial charge is 0.497 e. The van der Waals surface area contributed by atoms with E-state index in [4.69, 9.17) is 14.2 Å². The zero-order valence-electron chi connectivity index (χ0n) is 12.3. The number of hydrogen-bond acceptors (Lipinski definition) is 4. The molecule has 22 heavy (non-hydrogen) atoms. The highest BCUT2D eigenvalue weighted by Crippen LogP contribution is 2.31. The van der Waals surface area contributed by atoms with Crippen LogP contribution in [0.5, 0.6) is 17.2 Å². The van der Waals surface area contributed by atoms with E-state index in [0.717, 1.165) is 5.56 Å². The molecule has 0 atom stereocenters. The van der Waals surface area contributed by atoms with Gasteiger partial charge in [-0.2, -0.15) is 0 Å². The molecule has 5 nitrogen and oxygen atoms in total. The summed E-state index contributed by atoms with van der Waals surface area (Å²) >= 11 is 0. The lowest BCUT2D eigenvalue weighted by Gasteiger charge is -2.19. The van der Waals surface area contributed by atoms with Crippen LogP contribution >= 0.6 is 0 Å². The summed E-state index contributed by atoms with van der Waals surface area (Å²) in [5.41, 5.74) is 1.41. The topological polar surface area (TPSA) is 56.8 Å². The molecule has 5 heteroatoms. The molecule has 112 valence electrons. The number of anilines is 1. The molecule has 0 aliphatic carbocycles. The van der Waals surface area contributed by atoms with Gasteiger partial charge in [0.1, 0.15) is 11.5 Å². The molecule has 0 saturated carbocycles. The van der Waals surface area contributed by atoms with Crippen molar-refractivity contribution in [3.05, 3.63) is 53.8 Å². The fraction of sp³-hybridized carbons (Fsp3) is 0.118. The van der Waals surface area contributed by atoms with E-state index in [-0.39, 0.29) is 11.7 Å². The van der Waals surface area contributed by atoms with Gasteiger partial charge in [-0.25, -0.2) is 0 Å². The first-order chi connectivity index (χ1) is 10.7. The zero-order chi connectivity index (χ0) is 15.5. The van der Waals surface area contributed by atoms with Crippen LogP contribution in [0, 0.1) is 0 Å². The minimum Gasteiger partial charge on any atom is -0.497 e. The summed E-state index contributed by atoms with van der Waals surface area (Å²) in [7, 11) is 3.15. The number of fused-ring (bicyclic) bond motifs is 1. The molecule has 1 aliphatic rings. The molecule has 0 spiro atoms. The lowest BCUT2D eigenvalue weighted by atomic mass is 10.1. The molecule has 2 aromatic rings. The predicted molar refractivity (Wildman–Crippen MR) is 83.2 cm³/mol. The maximum absolute atomic E-state index is 12.1. The number of hydrogen-bond donors (Lipinski definition) is 1. The van der Waals surface area contributed by atoms with Crippen molar-refractivity contribution >= 4 is 17.7 Å². The van der Waals surface area contributed by atoms with Crippen LogP contribution in [0.2, 0.25) is 0 Å². The quantitative estimate of drug-likeness (QED) is 0.885. The van der Waals surface area contributed by atoms with Crippen LogP contribution in [-0.2, 0) is 4.79 Å². The SMILES string of the molecule is COc1cc(/C=C2\Oc3ccccc3NC2=O)cc(OC)c1. The third kappa shape index (κ3) is 2.74. The highest BCUT2D eigenvalue weighted by Gasteiger charge is 2.21. The minimum atomic E-state index is -0.291. The standard InChI is InChI=1S/C17H15NO4/c1-20-12-7-11(8-13(10-12)21-2)9-16-17(19)18-14-5-3-4-6-15(14)22-16/h3-10H,1-2H3,(H,18,19)/b16-9-. The van der Waals surface area contributed by atoms with Crippen molar-refractivity contribution in [3.8, 4) is 17.2 Å². The van der Waals surface area contributed by atoms with E-state index in [2.05, 4.69) is 5.32 Å². The number of methoxy groups -OCH3 is 2. The van der Waals surface area contributed by atoms with Crippen LogP contribution in [0.1, 0.15) is 5.56 Å². The molecule has 3 rings (SSSR count). The average molecular weight is 297 g/mol. The maximum Gasteiger partial charge on any atom is 0.291 e. The number of ether oxygens (including phenoxy) is 3. The smallest absolute Gasteiger partial charge is 0.291 e. The van der Waals surface area contributed by atoms with Crippen LogP contribution in [0.15, 0.2) is 48.2 Å². The Hall–Kier alpha value is -2.95. The molecule has 0 fully saturated rings. The van der Waals surface area contributed by atoms with Crippen molar-refractivity contribution in [1.29, 1.82) is 0 Å². The fourth-order valence-electron chi connectivity index (χ4n) is 2.17. The molecule has 1 amide bonds. The fourth-order valence-corrected chi connectivity index (χ4v) is 2.17. The Morgan fingerprint density at radius 2 is 1.73 bits per heavy atom. The first kappa shape index (κ1) is 14.0. The van der Waals surface area contributed by atoms with Gasteiger partial charge in [0.05, 0.1) is 19.9 Å². The molecule has 0 saturated heterocycles. The number of benzene rings is 2. The number of rotatable bonds is 3. The van der Waals surface area contributed by atoms with E-state index < -0.39 is 0 Å². The minimum absolute atomic E-state index is 0.217. The highest BCUT2D eigenvalue weighted by atomic mass is 16.5. The average Bonchev–Trinajstić information content (AvgIpc) is 2.55. The van der Waals surface area contributed by atoms with E-state index in [1.165, 1.54) is 0 Å². The summed E-state index contributed by atoms with van der Waals surface area (Å²) in [6.45, 7) is 0. The van der Waals surface area contributed by atoms with Gasteiger partial charge < -0.3 is 19.5 Å². The number of amides is 1. The summed E-state index contributed by atoms with van der Waals surface area (Å²) in [5, 5.41) is 2.79. The molecule has 2 aromatic carbocycles. The van der Waals surface area contributed by atoms with Gasteiger partial charge >= 0.3 is 0 Å². The van der Waals surface area contributed by atoms with Crippen molar-refractivity contribution in [2.45, 2.75) is 0 Å². The maximum atomic E-state index is 12.1. The molecule has 1 heterocycles. The second-order valence-electron chi connectivity index (χ2n) is 4.71. The Kier molecular flexibility index (Phi) is 3.70. The lowest BCUT2D eigenvalue weighted by Crippen LogP contribution is -2.23. The number of carbonyl (C=O) groups is 1. The van der Waals surface area contributed by atoms with Crippen molar-refractivity contribution in [3.63, 3.8) is 0 Å². The number of nitrogens with one attached hydrogen (secondary N) is 1. The molecular weight excluding hydrogens is 282 g/mol. The third-order valence-corrected chi connectivity index (χ3v) is 3.25. The van der Waals surface area contributed by atoms with E-state index in [1.807, 2.05) is 12.1 Å². The van der Waals surface area contributed by atoms with E-state index in [1.54, 1.807) is 50.6 Å². The Bertz CT molecular complexity index is 730. The van der Waals surface area contributed by atoms with Gasteiger partial charge in [0, 0.05) is 6.07 Å². The Balaban J connectivity index is 1.97. The Labute approximate surface area is 128 Å². The molecule has 0 aromatic heterocycles. The van der Waals surface area contributed by atoms with Crippen LogP contribution in [-0.4, -0.2) is 20.1 Å². The Morgan fingerprint density at radius 1 is 1.05 bits per heavy atom. The molecule has 1 N–H and O–H groups in total. The zero-order valence-corrected chi connectivity index (χ0v) is 12.3. The highest BCUT2D eigenvalue weighted by molar-refractivity contribution is 6.08. The second-order valence-corrected chi connectivity index (χ2v) is 4.71. The lowest BCUT2D eigenvalue weighted by molar-refractivity contribution is -0.115. The van der Waals surface area contributed by atoms with Crippen molar-refractivity contribution in [2.75, 3.05) is 19.5 Å². The van der Waals surface area contributed by atoms with Crippen molar-refractivity contribution in [1.82, 2.24) is 0 Å². The third-order valence-electron chi connectivity index (χ3n) is 3.25.